The molecule has 1 N–H and O–H groups in total. The van der Waals surface area contributed by atoms with Gasteiger partial charge in [0.2, 0.25) is 0 Å². The number of hydrogen-bond donors (Lipinski definition) is 1. The summed E-state index contributed by atoms with van der Waals surface area (Å²) in [7, 11) is 1.45. The zero-order valence-corrected chi connectivity index (χ0v) is 13.9. The van der Waals surface area contributed by atoms with E-state index < -0.39 is 0 Å². The quantitative estimate of drug-likeness (QED) is 0.785. The lowest BCUT2D eigenvalue weighted by Gasteiger charge is -2.31. The Morgan fingerprint density at radius 3 is 2.70 bits per heavy atom. The number of carbonyl (C=O) groups excluding carboxylic acids is 1. The van der Waals surface area contributed by atoms with Crippen molar-refractivity contribution in [2.24, 2.45) is 17.8 Å². The maximum Gasteiger partial charge on any atom is 0.309 e. The molecular formula is C19H26O4. The summed E-state index contributed by atoms with van der Waals surface area (Å²) in [6.07, 6.45) is 3.89. The predicted molar refractivity (Wildman–Crippen MR) is 87.3 cm³/mol. The fourth-order valence-electron chi connectivity index (χ4n) is 3.62. The van der Waals surface area contributed by atoms with E-state index in [1.54, 1.807) is 0 Å². The Morgan fingerprint density at radius 1 is 1.35 bits per heavy atom. The van der Waals surface area contributed by atoms with E-state index in [9.17, 15) is 9.90 Å². The molecule has 0 bridgehead atoms. The largest absolute Gasteiger partial charge is 0.493 e. The van der Waals surface area contributed by atoms with Crippen LogP contribution in [0.25, 0.3) is 0 Å². The summed E-state index contributed by atoms with van der Waals surface area (Å²) < 4.78 is 10.8. The van der Waals surface area contributed by atoms with Crippen LogP contribution >= 0.6 is 0 Å². The molecule has 4 nitrogen and oxygen atoms in total. The molecule has 0 saturated heterocycles. The van der Waals surface area contributed by atoms with Crippen molar-refractivity contribution in [1.82, 2.24) is 0 Å². The molecule has 2 saturated carbocycles. The van der Waals surface area contributed by atoms with Crippen LogP contribution in [0.5, 0.6) is 5.75 Å². The van der Waals surface area contributed by atoms with Gasteiger partial charge in [-0.25, -0.2) is 0 Å². The number of rotatable bonds is 7. The third kappa shape index (κ3) is 3.86. The molecule has 2 unspecified atom stereocenters. The first kappa shape index (κ1) is 16.3. The van der Waals surface area contributed by atoms with Crippen LogP contribution < -0.4 is 4.74 Å². The summed E-state index contributed by atoms with van der Waals surface area (Å²) in [5, 5.41) is 9.34. The first-order valence-electron chi connectivity index (χ1n) is 8.57. The molecule has 23 heavy (non-hydrogen) atoms. The van der Waals surface area contributed by atoms with Crippen molar-refractivity contribution in [3.05, 3.63) is 29.8 Å². The van der Waals surface area contributed by atoms with Gasteiger partial charge in [0.15, 0.2) is 0 Å². The van der Waals surface area contributed by atoms with Gasteiger partial charge in [-0.05, 0) is 61.1 Å². The standard InChI is InChI=1S/C19H26O4/c1-12(19(21)22-2)18(14-6-7-14)15-4-3-5-17(10-15)23-11-13-8-16(20)9-13/h3-5,10,12-14,16,18,20H,6-9,11H2,1-2H3. The van der Waals surface area contributed by atoms with Crippen LogP contribution in [0.15, 0.2) is 24.3 Å². The Kier molecular flexibility index (Phi) is 4.90. The molecule has 0 aromatic heterocycles. The first-order valence-corrected chi connectivity index (χ1v) is 8.57. The third-order valence-electron chi connectivity index (χ3n) is 5.18. The number of hydrogen-bond acceptors (Lipinski definition) is 4. The van der Waals surface area contributed by atoms with Crippen molar-refractivity contribution in [3.63, 3.8) is 0 Å². The van der Waals surface area contributed by atoms with E-state index in [1.807, 2.05) is 19.1 Å². The molecule has 1 aromatic carbocycles. The minimum atomic E-state index is -0.143. The van der Waals surface area contributed by atoms with Crippen molar-refractivity contribution >= 4 is 5.97 Å². The fraction of sp³-hybridized carbons (Fsp3) is 0.632. The van der Waals surface area contributed by atoms with Crippen LogP contribution in [0.2, 0.25) is 0 Å². The second-order valence-corrected chi connectivity index (χ2v) is 7.05. The second kappa shape index (κ2) is 6.91. The number of carbonyl (C=O) groups is 1. The summed E-state index contributed by atoms with van der Waals surface area (Å²) in [6.45, 7) is 2.61. The molecular weight excluding hydrogens is 292 g/mol. The van der Waals surface area contributed by atoms with Crippen molar-refractivity contribution in [3.8, 4) is 5.75 Å². The van der Waals surface area contributed by atoms with Crippen molar-refractivity contribution < 1.29 is 19.4 Å². The van der Waals surface area contributed by atoms with Gasteiger partial charge in [0.25, 0.3) is 0 Å². The summed E-state index contributed by atoms with van der Waals surface area (Å²) in [4.78, 5) is 12.0. The minimum Gasteiger partial charge on any atom is -0.493 e. The number of ether oxygens (including phenoxy) is 2. The lowest BCUT2D eigenvalue weighted by atomic mass is 9.83. The molecule has 2 fully saturated rings. The van der Waals surface area contributed by atoms with Gasteiger partial charge in [-0.1, -0.05) is 19.1 Å². The van der Waals surface area contributed by atoms with Crippen molar-refractivity contribution in [2.45, 2.75) is 44.6 Å². The van der Waals surface area contributed by atoms with Gasteiger partial charge in [-0.2, -0.15) is 0 Å². The van der Waals surface area contributed by atoms with Crippen molar-refractivity contribution in [2.75, 3.05) is 13.7 Å². The number of methoxy groups -OCH3 is 1. The van der Waals surface area contributed by atoms with E-state index >= 15 is 0 Å². The van der Waals surface area contributed by atoms with Crippen LogP contribution in [0, 0.1) is 17.8 Å². The van der Waals surface area contributed by atoms with E-state index in [0.29, 0.717) is 18.4 Å². The lowest BCUT2D eigenvalue weighted by molar-refractivity contribution is -0.145. The fourth-order valence-corrected chi connectivity index (χ4v) is 3.62. The Hall–Kier alpha value is -1.55. The Labute approximate surface area is 137 Å². The monoisotopic (exact) mass is 318 g/mol. The zero-order chi connectivity index (χ0) is 16.4. The van der Waals surface area contributed by atoms with Crippen LogP contribution in [-0.2, 0) is 9.53 Å². The van der Waals surface area contributed by atoms with Crippen LogP contribution in [-0.4, -0.2) is 30.9 Å². The normalized spacial score (nSPS) is 26.0. The molecule has 1 aromatic rings. The van der Waals surface area contributed by atoms with Gasteiger partial charge in [-0.3, -0.25) is 4.79 Å². The van der Waals surface area contributed by atoms with Gasteiger partial charge in [-0.15, -0.1) is 0 Å². The average molecular weight is 318 g/mol. The number of esters is 1. The van der Waals surface area contributed by atoms with E-state index in [2.05, 4.69) is 12.1 Å². The third-order valence-corrected chi connectivity index (χ3v) is 5.18. The maximum atomic E-state index is 12.0. The van der Waals surface area contributed by atoms with Crippen molar-refractivity contribution in [1.29, 1.82) is 0 Å². The molecule has 3 rings (SSSR count). The van der Waals surface area contributed by atoms with Gasteiger partial charge in [0.1, 0.15) is 5.75 Å². The van der Waals surface area contributed by atoms with E-state index in [-0.39, 0.29) is 23.9 Å². The topological polar surface area (TPSA) is 55.8 Å². The second-order valence-electron chi connectivity index (χ2n) is 7.05. The molecule has 0 heterocycles. The highest BCUT2D eigenvalue weighted by atomic mass is 16.5. The van der Waals surface area contributed by atoms with Gasteiger partial charge in [0.05, 0.1) is 25.7 Å². The average Bonchev–Trinajstić information content (AvgIpc) is 3.35. The molecule has 0 spiro atoms. The van der Waals surface area contributed by atoms with Crippen LogP contribution in [0.1, 0.15) is 44.1 Å². The predicted octanol–water partition coefficient (Wildman–Crippen LogP) is 3.14. The Morgan fingerprint density at radius 2 is 2.09 bits per heavy atom. The maximum absolute atomic E-state index is 12.0. The Balaban J connectivity index is 1.67. The molecule has 0 aliphatic heterocycles. The number of aliphatic hydroxyl groups is 1. The van der Waals surface area contributed by atoms with Gasteiger partial charge >= 0.3 is 5.97 Å². The molecule has 2 aliphatic rings. The summed E-state index contributed by atoms with van der Waals surface area (Å²) >= 11 is 0. The molecule has 2 atom stereocenters. The highest BCUT2D eigenvalue weighted by Gasteiger charge is 2.39. The van der Waals surface area contributed by atoms with Gasteiger partial charge in [0, 0.05) is 0 Å². The number of aliphatic hydroxyl groups excluding tert-OH is 1. The van der Waals surface area contributed by atoms with Crippen LogP contribution in [0.4, 0.5) is 0 Å². The Bertz CT molecular complexity index is 546. The highest BCUT2D eigenvalue weighted by molar-refractivity contribution is 5.73. The lowest BCUT2D eigenvalue weighted by Crippen LogP contribution is -2.32. The summed E-state index contributed by atoms with van der Waals surface area (Å²) in [5.41, 5.74) is 1.16. The molecule has 126 valence electrons. The highest BCUT2D eigenvalue weighted by Crippen LogP contribution is 2.47. The smallest absolute Gasteiger partial charge is 0.309 e. The summed E-state index contributed by atoms with van der Waals surface area (Å²) in [5.74, 6) is 1.81. The number of benzene rings is 1. The molecule has 0 radical (unpaired) electrons. The first-order chi connectivity index (χ1) is 11.1. The molecule has 2 aliphatic carbocycles. The minimum absolute atomic E-state index is 0.135. The SMILES string of the molecule is COC(=O)C(C)C(c1cccc(OCC2CC(O)C2)c1)C1CC1. The van der Waals surface area contributed by atoms with E-state index in [1.165, 1.54) is 20.0 Å². The summed E-state index contributed by atoms with van der Waals surface area (Å²) in [6, 6.07) is 8.12. The molecule has 4 heteroatoms. The van der Waals surface area contributed by atoms with E-state index in [0.717, 1.165) is 24.2 Å². The van der Waals surface area contributed by atoms with Crippen LogP contribution in [0.3, 0.4) is 0 Å². The molecule has 0 amide bonds. The zero-order valence-electron chi connectivity index (χ0n) is 13.9. The van der Waals surface area contributed by atoms with Gasteiger partial charge < -0.3 is 14.6 Å². The van der Waals surface area contributed by atoms with E-state index in [4.69, 9.17) is 9.47 Å².